The van der Waals surface area contributed by atoms with Crippen LogP contribution in [0, 0.1) is 24.0 Å². The van der Waals surface area contributed by atoms with Crippen molar-refractivity contribution in [1.29, 1.82) is 0 Å². The molecule has 17 heavy (non-hydrogen) atoms. The predicted octanol–water partition coefficient (Wildman–Crippen LogP) is 4.28. The molecule has 88 valence electrons. The molecule has 0 heterocycles. The maximum atomic E-state index is 3.26. The summed E-state index contributed by atoms with van der Waals surface area (Å²) >= 11 is 0. The Hall–Kier alpha value is 0.531. The first-order valence-electron chi connectivity index (χ1n) is 6.15. The SMILES string of the molecule is CC(C)C1=[C-]CC=C1.CC(C)C1=[C-]CC=C1.[Ba+2]. The average molecular weight is 352 g/mol. The molecule has 0 bridgehead atoms. The van der Waals surface area contributed by atoms with E-state index in [-0.39, 0.29) is 48.9 Å². The maximum Gasteiger partial charge on any atom is 2.00 e. The van der Waals surface area contributed by atoms with Gasteiger partial charge in [0.15, 0.2) is 0 Å². The largest absolute Gasteiger partial charge is 2.00 e. The molecule has 0 aromatic carbocycles. The number of hydrogen-bond acceptors (Lipinski definition) is 0. The molecule has 0 saturated carbocycles. The Kier molecular flexibility index (Phi) is 9.76. The van der Waals surface area contributed by atoms with Crippen molar-refractivity contribution in [2.75, 3.05) is 0 Å². The normalized spacial score (nSPS) is 16.6. The van der Waals surface area contributed by atoms with Crippen LogP contribution >= 0.6 is 0 Å². The van der Waals surface area contributed by atoms with Gasteiger partial charge in [0.05, 0.1) is 0 Å². The summed E-state index contributed by atoms with van der Waals surface area (Å²) in [6.45, 7) is 8.77. The van der Waals surface area contributed by atoms with Crippen molar-refractivity contribution in [3.05, 3.63) is 47.6 Å². The van der Waals surface area contributed by atoms with E-state index in [1.54, 1.807) is 0 Å². The molecule has 0 aromatic heterocycles. The van der Waals surface area contributed by atoms with E-state index in [1.165, 1.54) is 11.1 Å². The molecule has 0 fully saturated rings. The Morgan fingerprint density at radius 1 is 0.824 bits per heavy atom. The summed E-state index contributed by atoms with van der Waals surface area (Å²) in [6, 6.07) is 0. The molecule has 0 aliphatic heterocycles. The van der Waals surface area contributed by atoms with Crippen LogP contribution in [0.5, 0.6) is 0 Å². The Balaban J connectivity index is 0.000000284. The Bertz CT molecular complexity index is 293. The van der Waals surface area contributed by atoms with Crippen LogP contribution in [0.15, 0.2) is 35.5 Å². The Morgan fingerprint density at radius 3 is 1.29 bits per heavy atom. The molecule has 0 N–H and O–H groups in total. The van der Waals surface area contributed by atoms with Crippen LogP contribution in [-0.2, 0) is 0 Å². The third-order valence-corrected chi connectivity index (χ3v) is 2.69. The Labute approximate surface area is 147 Å². The van der Waals surface area contributed by atoms with Crippen LogP contribution < -0.4 is 0 Å². The second-order valence-electron chi connectivity index (χ2n) is 4.79. The zero-order valence-electron chi connectivity index (χ0n) is 11.6. The minimum atomic E-state index is 0. The fourth-order valence-corrected chi connectivity index (χ4v) is 1.64. The fourth-order valence-electron chi connectivity index (χ4n) is 1.64. The van der Waals surface area contributed by atoms with Crippen molar-refractivity contribution in [2.24, 2.45) is 11.8 Å². The second-order valence-corrected chi connectivity index (χ2v) is 4.79. The van der Waals surface area contributed by atoms with Crippen LogP contribution in [-0.4, -0.2) is 48.9 Å². The van der Waals surface area contributed by atoms with Crippen LogP contribution in [0.2, 0.25) is 0 Å². The van der Waals surface area contributed by atoms with Crippen LogP contribution in [0.3, 0.4) is 0 Å². The summed E-state index contributed by atoms with van der Waals surface area (Å²) in [6.07, 6.45) is 17.2. The van der Waals surface area contributed by atoms with E-state index in [4.69, 9.17) is 0 Å². The molecule has 1 heteroatoms. The summed E-state index contributed by atoms with van der Waals surface area (Å²) in [5.41, 5.74) is 2.73. The quantitative estimate of drug-likeness (QED) is 0.514. The maximum absolute atomic E-state index is 3.26. The van der Waals surface area contributed by atoms with Crippen molar-refractivity contribution >= 4 is 48.9 Å². The van der Waals surface area contributed by atoms with Gasteiger partial charge in [0, 0.05) is 0 Å². The molecule has 0 radical (unpaired) electrons. The smallest absolute Gasteiger partial charge is 0.269 e. The molecular formula is C16H22Ba. The van der Waals surface area contributed by atoms with E-state index >= 15 is 0 Å². The van der Waals surface area contributed by atoms with Crippen molar-refractivity contribution in [3.8, 4) is 0 Å². The summed E-state index contributed by atoms with van der Waals surface area (Å²) in [5, 5.41) is 0. The summed E-state index contributed by atoms with van der Waals surface area (Å²) in [4.78, 5) is 0. The van der Waals surface area contributed by atoms with E-state index in [0.29, 0.717) is 11.8 Å². The van der Waals surface area contributed by atoms with Crippen LogP contribution in [0.1, 0.15) is 40.5 Å². The van der Waals surface area contributed by atoms with Crippen LogP contribution in [0.4, 0.5) is 0 Å². The van der Waals surface area contributed by atoms with Gasteiger partial charge >= 0.3 is 48.9 Å². The summed E-state index contributed by atoms with van der Waals surface area (Å²) < 4.78 is 0. The van der Waals surface area contributed by atoms with E-state index < -0.39 is 0 Å². The zero-order chi connectivity index (χ0) is 12.0. The second kappa shape index (κ2) is 9.46. The predicted molar refractivity (Wildman–Crippen MR) is 76.5 cm³/mol. The fraction of sp³-hybridized carbons (Fsp3) is 0.500. The van der Waals surface area contributed by atoms with Gasteiger partial charge < -0.3 is 0 Å². The standard InChI is InChI=1S/2C8H11.Ba/c2*1-7(2)8-5-3-4-6-8;/h2*3,5,7H,4H2,1-2H3;/q2*-1;+2. The van der Waals surface area contributed by atoms with Gasteiger partial charge in [-0.2, -0.15) is 12.2 Å². The van der Waals surface area contributed by atoms with Crippen molar-refractivity contribution < 1.29 is 0 Å². The number of hydrogen-bond donors (Lipinski definition) is 0. The third kappa shape index (κ3) is 6.88. The Morgan fingerprint density at radius 2 is 1.18 bits per heavy atom. The molecule has 0 aromatic rings. The van der Waals surface area contributed by atoms with Gasteiger partial charge in [-0.1, -0.05) is 39.5 Å². The molecule has 0 nitrogen and oxygen atoms in total. The molecule has 2 rings (SSSR count). The van der Waals surface area contributed by atoms with Crippen LogP contribution in [0.25, 0.3) is 0 Å². The first-order valence-corrected chi connectivity index (χ1v) is 6.15. The van der Waals surface area contributed by atoms with Gasteiger partial charge in [-0.15, -0.1) is 12.8 Å². The van der Waals surface area contributed by atoms with E-state index in [9.17, 15) is 0 Å². The van der Waals surface area contributed by atoms with E-state index in [2.05, 4.69) is 64.2 Å². The van der Waals surface area contributed by atoms with Crippen molar-refractivity contribution in [2.45, 2.75) is 40.5 Å². The first-order chi connectivity index (χ1) is 7.61. The molecule has 0 amide bonds. The molecule has 0 spiro atoms. The molecule has 0 unspecified atom stereocenters. The van der Waals surface area contributed by atoms with Gasteiger partial charge in [0.1, 0.15) is 0 Å². The minimum absolute atomic E-state index is 0. The van der Waals surface area contributed by atoms with Gasteiger partial charge in [-0.25, -0.2) is 23.3 Å². The van der Waals surface area contributed by atoms with E-state index in [0.717, 1.165) is 12.8 Å². The van der Waals surface area contributed by atoms with Gasteiger partial charge in [-0.3, -0.25) is 12.2 Å². The molecule has 2 aliphatic rings. The minimum Gasteiger partial charge on any atom is -0.269 e. The van der Waals surface area contributed by atoms with Gasteiger partial charge in [-0.05, 0) is 0 Å². The van der Waals surface area contributed by atoms with E-state index in [1.807, 2.05) is 0 Å². The number of allylic oxidation sites excluding steroid dienone is 8. The average Bonchev–Trinajstić information content (AvgIpc) is 2.93. The summed E-state index contributed by atoms with van der Waals surface area (Å²) in [5.74, 6) is 1.32. The molecule has 0 saturated heterocycles. The molecular weight excluding hydrogens is 330 g/mol. The van der Waals surface area contributed by atoms with Gasteiger partial charge in [0.2, 0.25) is 0 Å². The van der Waals surface area contributed by atoms with Crippen molar-refractivity contribution in [3.63, 3.8) is 0 Å². The molecule has 2 aliphatic carbocycles. The monoisotopic (exact) mass is 352 g/mol. The third-order valence-electron chi connectivity index (χ3n) is 2.69. The first kappa shape index (κ1) is 17.5. The topological polar surface area (TPSA) is 0 Å². The van der Waals surface area contributed by atoms with Crippen molar-refractivity contribution in [1.82, 2.24) is 0 Å². The molecule has 0 atom stereocenters. The number of rotatable bonds is 2. The van der Waals surface area contributed by atoms with Gasteiger partial charge in [0.25, 0.3) is 0 Å². The summed E-state index contributed by atoms with van der Waals surface area (Å²) in [7, 11) is 0. The zero-order valence-corrected chi connectivity index (χ0v) is 16.0.